The van der Waals surface area contributed by atoms with Crippen LogP contribution in [0, 0.1) is 6.92 Å². The summed E-state index contributed by atoms with van der Waals surface area (Å²) < 4.78 is 13.6. The number of aromatic amines is 1. The number of thioether (sulfide) groups is 1. The number of nitrogens with zero attached hydrogens (tertiary/aromatic N) is 3. The quantitative estimate of drug-likeness (QED) is 0.444. The average Bonchev–Trinajstić information content (AvgIpc) is 3.40. The average molecular weight is 455 g/mol. The van der Waals surface area contributed by atoms with Gasteiger partial charge in [-0.2, -0.15) is 4.98 Å². The van der Waals surface area contributed by atoms with Gasteiger partial charge >= 0.3 is 11.4 Å². The molecule has 4 rings (SSSR count). The maximum Gasteiger partial charge on any atom is 0.351 e. The van der Waals surface area contributed by atoms with E-state index in [2.05, 4.69) is 9.97 Å². The van der Waals surface area contributed by atoms with Crippen LogP contribution in [0.25, 0.3) is 0 Å². The molecule has 2 aliphatic heterocycles. The van der Waals surface area contributed by atoms with Gasteiger partial charge in [-0.25, -0.2) is 9.59 Å². The highest BCUT2D eigenvalue weighted by atomic mass is 32.2. The molecule has 4 heterocycles. The molecule has 0 saturated carbocycles. The Hall–Kier alpha value is -2.45. The first-order valence-electron chi connectivity index (χ1n) is 9.63. The number of ether oxygens (including phenoxy) is 2. The molecule has 2 aliphatic rings. The van der Waals surface area contributed by atoms with Crippen LogP contribution in [0.1, 0.15) is 30.9 Å². The van der Waals surface area contributed by atoms with Crippen molar-refractivity contribution in [2.24, 2.45) is 0 Å². The molecule has 0 aromatic carbocycles. The summed E-state index contributed by atoms with van der Waals surface area (Å²) in [6.07, 6.45) is 3.45. The van der Waals surface area contributed by atoms with E-state index in [0.717, 1.165) is 0 Å². The van der Waals surface area contributed by atoms with Crippen LogP contribution in [0.3, 0.4) is 0 Å². The van der Waals surface area contributed by atoms with Crippen molar-refractivity contribution in [2.75, 3.05) is 24.7 Å². The number of nitrogens with one attached hydrogen (secondary N) is 1. The highest BCUT2D eigenvalue weighted by Crippen LogP contribution is 2.30. The summed E-state index contributed by atoms with van der Waals surface area (Å²) in [5.41, 5.74) is 4.29. The van der Waals surface area contributed by atoms with Gasteiger partial charge in [0.15, 0.2) is 0 Å². The van der Waals surface area contributed by atoms with Gasteiger partial charge in [0.05, 0.1) is 19.3 Å². The fraction of sp³-hybridized carbons (Fsp3) is 0.556. The van der Waals surface area contributed by atoms with Crippen molar-refractivity contribution >= 4 is 17.6 Å². The third-order valence-corrected chi connectivity index (χ3v) is 5.90. The van der Waals surface area contributed by atoms with Crippen LogP contribution in [0.5, 0.6) is 0 Å². The van der Waals surface area contributed by atoms with Crippen molar-refractivity contribution in [3.8, 4) is 0 Å². The van der Waals surface area contributed by atoms with Crippen molar-refractivity contribution < 1.29 is 19.7 Å². The number of anilines is 1. The molecular weight excluding hydrogens is 430 g/mol. The van der Waals surface area contributed by atoms with Crippen LogP contribution in [0.4, 0.5) is 5.82 Å². The highest BCUT2D eigenvalue weighted by Gasteiger charge is 2.28. The van der Waals surface area contributed by atoms with Crippen molar-refractivity contribution in [3.05, 3.63) is 55.3 Å². The molecule has 12 nitrogen and oxygen atoms in total. The Bertz CT molecular complexity index is 1070. The molecule has 0 bridgehead atoms. The fourth-order valence-electron chi connectivity index (χ4n) is 3.16. The van der Waals surface area contributed by atoms with E-state index in [1.807, 2.05) is 0 Å². The van der Waals surface area contributed by atoms with E-state index in [1.165, 1.54) is 27.1 Å². The molecule has 13 heteroatoms. The predicted octanol–water partition coefficient (Wildman–Crippen LogP) is -1.08. The van der Waals surface area contributed by atoms with Gasteiger partial charge in [0.25, 0.3) is 5.56 Å². The van der Waals surface area contributed by atoms with Crippen molar-refractivity contribution in [2.45, 2.75) is 43.8 Å². The monoisotopic (exact) mass is 455 g/mol. The normalized spacial score (nSPS) is 25.3. The molecule has 2 aromatic rings. The zero-order chi connectivity index (χ0) is 22.5. The van der Waals surface area contributed by atoms with Gasteiger partial charge in [0.1, 0.15) is 23.7 Å². The Morgan fingerprint density at radius 2 is 1.97 bits per heavy atom. The highest BCUT2D eigenvalue weighted by molar-refractivity contribution is 8.00. The number of rotatable bonds is 4. The molecule has 2 aromatic heterocycles. The molecule has 0 spiro atoms. The number of nitrogens with two attached hydrogens (primary N) is 1. The zero-order valence-corrected chi connectivity index (χ0v) is 17.7. The molecule has 4 atom stereocenters. The molecule has 31 heavy (non-hydrogen) atoms. The van der Waals surface area contributed by atoms with E-state index >= 15 is 0 Å². The first-order chi connectivity index (χ1) is 14.8. The summed E-state index contributed by atoms with van der Waals surface area (Å²) in [4.78, 5) is 40.0. The minimum Gasteiger partial charge on any atom is -0.394 e. The number of nitrogen functional groups attached to an aromatic ring is 1. The zero-order valence-electron chi connectivity index (χ0n) is 16.8. The van der Waals surface area contributed by atoms with Crippen molar-refractivity contribution in [3.63, 3.8) is 0 Å². The summed E-state index contributed by atoms with van der Waals surface area (Å²) in [5, 5.41) is 17.8. The lowest BCUT2D eigenvalue weighted by Crippen LogP contribution is -2.33. The lowest BCUT2D eigenvalue weighted by molar-refractivity contribution is -0.0247. The van der Waals surface area contributed by atoms with Gasteiger partial charge in [0.2, 0.25) is 0 Å². The Labute approximate surface area is 180 Å². The summed E-state index contributed by atoms with van der Waals surface area (Å²) >= 11 is 1.47. The second-order valence-corrected chi connectivity index (χ2v) is 8.22. The van der Waals surface area contributed by atoms with E-state index in [4.69, 9.17) is 25.4 Å². The molecule has 0 radical (unpaired) electrons. The molecule has 0 aliphatic carbocycles. The summed E-state index contributed by atoms with van der Waals surface area (Å²) in [6, 6.07) is 1.54. The lowest BCUT2D eigenvalue weighted by atomic mass is 10.2. The summed E-state index contributed by atoms with van der Waals surface area (Å²) in [6.45, 7) is 1.53. The fourth-order valence-corrected chi connectivity index (χ4v) is 4.09. The van der Waals surface area contributed by atoms with Gasteiger partial charge in [-0.3, -0.25) is 18.9 Å². The molecule has 0 unspecified atom stereocenters. The first-order valence-corrected chi connectivity index (χ1v) is 10.7. The first kappa shape index (κ1) is 23.2. The van der Waals surface area contributed by atoms with Crippen molar-refractivity contribution in [1.29, 1.82) is 0 Å². The van der Waals surface area contributed by atoms with Crippen LogP contribution in [0.2, 0.25) is 0 Å². The molecular formula is C18H25N5O7S. The Morgan fingerprint density at radius 3 is 2.58 bits per heavy atom. The third kappa shape index (κ3) is 5.62. The van der Waals surface area contributed by atoms with Crippen LogP contribution in [-0.4, -0.2) is 59.8 Å². The van der Waals surface area contributed by atoms with Crippen LogP contribution in [0.15, 0.2) is 32.8 Å². The van der Waals surface area contributed by atoms with E-state index < -0.39 is 11.4 Å². The predicted molar refractivity (Wildman–Crippen MR) is 113 cm³/mol. The van der Waals surface area contributed by atoms with Gasteiger partial charge in [-0.05, 0) is 25.8 Å². The number of hydrogen-bond acceptors (Lipinski definition) is 10. The van der Waals surface area contributed by atoms with Gasteiger partial charge < -0.3 is 25.4 Å². The van der Waals surface area contributed by atoms with E-state index in [0.29, 0.717) is 24.2 Å². The Balaban J connectivity index is 0.000000176. The largest absolute Gasteiger partial charge is 0.394 e. The van der Waals surface area contributed by atoms with Gasteiger partial charge in [0, 0.05) is 23.7 Å². The van der Waals surface area contributed by atoms with Crippen LogP contribution >= 0.6 is 11.8 Å². The van der Waals surface area contributed by atoms with E-state index in [1.54, 1.807) is 19.2 Å². The van der Waals surface area contributed by atoms with Gasteiger partial charge in [-0.1, -0.05) is 0 Å². The number of aryl methyl sites for hydroxylation is 1. The van der Waals surface area contributed by atoms with E-state index in [9.17, 15) is 14.4 Å². The molecule has 170 valence electrons. The van der Waals surface area contributed by atoms with E-state index in [-0.39, 0.29) is 48.6 Å². The molecule has 2 saturated heterocycles. The summed E-state index contributed by atoms with van der Waals surface area (Å²) in [5.74, 6) is 0.817. The smallest absolute Gasteiger partial charge is 0.351 e. The molecule has 0 amide bonds. The standard InChI is InChI=1S/C10H14N2O4.C8H11N3O3S/c1-6-4-12(10(15)11-9(6)14)8-3-2-7(5-13)16-8;9-5-1-2-11(8(13)10-5)6-4-15-7(3-12)14-6/h4,7-8,13H,2-3,5H2,1H3,(H,11,14,15);1-2,6-7,12H,3-4H2,(H2,9,10,13)/t7-,8+;6-,7+/m00/s1. The lowest BCUT2D eigenvalue weighted by Gasteiger charge is -2.14. The maximum atomic E-state index is 11.5. The maximum absolute atomic E-state index is 11.5. The van der Waals surface area contributed by atoms with Crippen LogP contribution in [-0.2, 0) is 9.47 Å². The minimum atomic E-state index is -0.473. The second kappa shape index (κ2) is 10.2. The minimum absolute atomic E-state index is 0.0480. The Kier molecular flexibility index (Phi) is 7.67. The third-order valence-electron chi connectivity index (χ3n) is 4.79. The number of hydrogen-bond donors (Lipinski definition) is 4. The van der Waals surface area contributed by atoms with Crippen LogP contribution < -0.4 is 22.7 Å². The molecule has 5 N–H and O–H groups in total. The van der Waals surface area contributed by atoms with Gasteiger partial charge in [-0.15, -0.1) is 11.8 Å². The summed E-state index contributed by atoms with van der Waals surface area (Å²) in [7, 11) is 0. The van der Waals surface area contributed by atoms with Crippen molar-refractivity contribution in [1.82, 2.24) is 19.1 Å². The SMILES string of the molecule is Cc1cn([C@H]2CC[C@@H](CO)O2)c(=O)[nH]c1=O.Nc1ccn([C@@H]2CS[C@H](CO)O2)c(=O)n1. The number of H-pyrrole nitrogens is 1. The number of aliphatic hydroxyl groups excluding tert-OH is 2. The second-order valence-electron chi connectivity index (χ2n) is 7.03. The number of aromatic nitrogens is 4. The Morgan fingerprint density at radius 1 is 1.19 bits per heavy atom. The topological polar surface area (TPSA) is 175 Å². The molecule has 2 fully saturated rings. The number of aliphatic hydroxyl groups is 2.